The highest BCUT2D eigenvalue weighted by molar-refractivity contribution is 7.89. The van der Waals surface area contributed by atoms with Crippen molar-refractivity contribution in [3.05, 3.63) is 23.3 Å². The van der Waals surface area contributed by atoms with Crippen molar-refractivity contribution in [3.63, 3.8) is 0 Å². The summed E-state index contributed by atoms with van der Waals surface area (Å²) < 4.78 is 27.1. The minimum Gasteiger partial charge on any atom is -0.398 e. The molecule has 3 N–H and O–H groups in total. The summed E-state index contributed by atoms with van der Waals surface area (Å²) in [6.07, 6.45) is 1.55. The van der Waals surface area contributed by atoms with Crippen LogP contribution in [0.5, 0.6) is 0 Å². The van der Waals surface area contributed by atoms with Crippen LogP contribution < -0.4 is 10.5 Å². The van der Waals surface area contributed by atoms with E-state index in [9.17, 15) is 8.42 Å². The van der Waals surface area contributed by atoms with Crippen LogP contribution in [0.4, 0.5) is 5.69 Å². The smallest absolute Gasteiger partial charge is 0.240 e. The first-order valence-electron chi connectivity index (χ1n) is 6.20. The van der Waals surface area contributed by atoms with E-state index in [1.165, 1.54) is 6.07 Å². The second-order valence-corrected chi connectivity index (χ2v) is 6.30. The predicted octanol–water partition coefficient (Wildman–Crippen LogP) is 2.35. The van der Waals surface area contributed by atoms with Crippen LogP contribution in [0.2, 0.25) is 0 Å². The highest BCUT2D eigenvalue weighted by Gasteiger charge is 2.19. The maximum atomic E-state index is 12.2. The summed E-state index contributed by atoms with van der Waals surface area (Å²) in [7, 11) is -3.48. The third-order valence-electron chi connectivity index (χ3n) is 3.30. The van der Waals surface area contributed by atoms with Crippen LogP contribution in [-0.4, -0.2) is 14.5 Å². The third-order valence-corrected chi connectivity index (χ3v) is 4.80. The average molecular weight is 270 g/mol. The van der Waals surface area contributed by atoms with Gasteiger partial charge in [-0.2, -0.15) is 0 Å². The monoisotopic (exact) mass is 270 g/mol. The highest BCUT2D eigenvalue weighted by Crippen LogP contribution is 2.21. The van der Waals surface area contributed by atoms with E-state index in [-0.39, 0.29) is 10.9 Å². The second-order valence-electron chi connectivity index (χ2n) is 4.59. The Morgan fingerprint density at radius 1 is 1.22 bits per heavy atom. The van der Waals surface area contributed by atoms with E-state index in [1.54, 1.807) is 6.07 Å². The van der Waals surface area contributed by atoms with Crippen molar-refractivity contribution >= 4 is 15.7 Å². The molecule has 0 atom stereocenters. The Kier molecular flexibility index (Phi) is 4.76. The Morgan fingerprint density at radius 3 is 2.22 bits per heavy atom. The van der Waals surface area contributed by atoms with Gasteiger partial charge in [0.2, 0.25) is 10.0 Å². The molecule has 1 rings (SSSR count). The molecule has 1 aromatic carbocycles. The number of benzene rings is 1. The molecule has 5 heteroatoms. The molecule has 0 bridgehead atoms. The van der Waals surface area contributed by atoms with Crippen molar-refractivity contribution in [2.24, 2.45) is 0 Å². The van der Waals surface area contributed by atoms with Gasteiger partial charge in [0.15, 0.2) is 0 Å². The van der Waals surface area contributed by atoms with Gasteiger partial charge in [0.05, 0.1) is 4.90 Å². The van der Waals surface area contributed by atoms with Gasteiger partial charge in [0.1, 0.15) is 0 Å². The van der Waals surface area contributed by atoms with Crippen molar-refractivity contribution in [2.45, 2.75) is 51.5 Å². The van der Waals surface area contributed by atoms with E-state index in [1.807, 2.05) is 27.7 Å². The molecule has 0 aliphatic heterocycles. The van der Waals surface area contributed by atoms with Gasteiger partial charge in [-0.15, -0.1) is 0 Å². The van der Waals surface area contributed by atoms with Crippen LogP contribution in [0.1, 0.15) is 37.8 Å². The molecule has 0 aliphatic carbocycles. The van der Waals surface area contributed by atoms with E-state index in [2.05, 4.69) is 4.72 Å². The van der Waals surface area contributed by atoms with Gasteiger partial charge in [-0.25, -0.2) is 13.1 Å². The fourth-order valence-corrected chi connectivity index (χ4v) is 3.27. The van der Waals surface area contributed by atoms with Gasteiger partial charge in [-0.1, -0.05) is 13.8 Å². The zero-order valence-corrected chi connectivity index (χ0v) is 12.3. The van der Waals surface area contributed by atoms with Crippen molar-refractivity contribution < 1.29 is 8.42 Å². The largest absolute Gasteiger partial charge is 0.398 e. The van der Waals surface area contributed by atoms with Gasteiger partial charge < -0.3 is 5.73 Å². The van der Waals surface area contributed by atoms with E-state index in [0.717, 1.165) is 24.0 Å². The number of hydrogen-bond acceptors (Lipinski definition) is 3. The molecule has 0 amide bonds. The Hall–Kier alpha value is -1.07. The molecule has 0 fully saturated rings. The summed E-state index contributed by atoms with van der Waals surface area (Å²) in [5, 5.41) is 0. The first-order chi connectivity index (χ1) is 8.31. The molecule has 0 radical (unpaired) electrons. The highest BCUT2D eigenvalue weighted by atomic mass is 32.2. The fraction of sp³-hybridized carbons (Fsp3) is 0.538. The van der Waals surface area contributed by atoms with Gasteiger partial charge in [0.25, 0.3) is 0 Å². The number of aryl methyl sites for hydroxylation is 1. The van der Waals surface area contributed by atoms with Crippen LogP contribution in [0, 0.1) is 13.8 Å². The molecular weight excluding hydrogens is 248 g/mol. The molecule has 0 aliphatic rings. The number of sulfonamides is 1. The first-order valence-corrected chi connectivity index (χ1v) is 7.69. The van der Waals surface area contributed by atoms with Crippen LogP contribution >= 0.6 is 0 Å². The molecule has 0 heterocycles. The molecule has 0 spiro atoms. The minimum atomic E-state index is -3.48. The number of nitrogens with two attached hydrogens (primary N) is 1. The van der Waals surface area contributed by atoms with Crippen LogP contribution in [0.15, 0.2) is 17.0 Å². The van der Waals surface area contributed by atoms with Gasteiger partial charge in [0, 0.05) is 11.7 Å². The molecule has 0 saturated heterocycles. The van der Waals surface area contributed by atoms with Crippen molar-refractivity contribution in [2.75, 3.05) is 5.73 Å². The zero-order valence-electron chi connectivity index (χ0n) is 11.4. The standard InChI is InChI=1S/C13H22N2O2S/c1-5-11(6-2)15-18(16,17)12-7-9(3)10(4)13(14)8-12/h7-8,11,15H,5-6,14H2,1-4H3. The quantitative estimate of drug-likeness (QED) is 0.807. The van der Waals surface area contributed by atoms with Crippen LogP contribution in [-0.2, 0) is 10.0 Å². The zero-order chi connectivity index (χ0) is 13.9. The second kappa shape index (κ2) is 5.71. The number of nitrogen functional groups attached to an aromatic ring is 1. The van der Waals surface area contributed by atoms with E-state index in [4.69, 9.17) is 5.73 Å². The third kappa shape index (κ3) is 3.23. The maximum Gasteiger partial charge on any atom is 0.240 e. The lowest BCUT2D eigenvalue weighted by Crippen LogP contribution is -2.33. The molecule has 0 unspecified atom stereocenters. The molecular formula is C13H22N2O2S. The van der Waals surface area contributed by atoms with Gasteiger partial charge in [-0.05, 0) is 49.9 Å². The van der Waals surface area contributed by atoms with E-state index < -0.39 is 10.0 Å². The van der Waals surface area contributed by atoms with Crippen molar-refractivity contribution in [1.82, 2.24) is 4.72 Å². The summed E-state index contributed by atoms with van der Waals surface area (Å²) >= 11 is 0. The normalized spacial score (nSPS) is 12.1. The number of anilines is 1. The lowest BCUT2D eigenvalue weighted by Gasteiger charge is -2.16. The topological polar surface area (TPSA) is 72.2 Å². The lowest BCUT2D eigenvalue weighted by atomic mass is 10.1. The van der Waals surface area contributed by atoms with E-state index in [0.29, 0.717) is 5.69 Å². The maximum absolute atomic E-state index is 12.2. The fourth-order valence-electron chi connectivity index (χ4n) is 1.75. The van der Waals surface area contributed by atoms with Crippen molar-refractivity contribution in [3.8, 4) is 0 Å². The summed E-state index contributed by atoms with van der Waals surface area (Å²) in [5.74, 6) is 0. The molecule has 102 valence electrons. The van der Waals surface area contributed by atoms with Crippen molar-refractivity contribution in [1.29, 1.82) is 0 Å². The molecule has 0 aromatic heterocycles. The summed E-state index contributed by atoms with van der Waals surface area (Å²) in [6.45, 7) is 7.67. The summed E-state index contributed by atoms with van der Waals surface area (Å²) in [6, 6.07) is 3.15. The Labute approximate surface area is 110 Å². The van der Waals surface area contributed by atoms with Gasteiger partial charge >= 0.3 is 0 Å². The Bertz CT molecular complexity index is 497. The van der Waals surface area contributed by atoms with Crippen LogP contribution in [0.3, 0.4) is 0 Å². The number of nitrogens with one attached hydrogen (secondary N) is 1. The summed E-state index contributed by atoms with van der Waals surface area (Å²) in [5.41, 5.74) is 8.15. The summed E-state index contributed by atoms with van der Waals surface area (Å²) in [4.78, 5) is 0.245. The lowest BCUT2D eigenvalue weighted by molar-refractivity contribution is 0.530. The molecule has 0 saturated carbocycles. The number of hydrogen-bond donors (Lipinski definition) is 2. The van der Waals surface area contributed by atoms with Crippen LogP contribution in [0.25, 0.3) is 0 Å². The average Bonchev–Trinajstić information content (AvgIpc) is 2.32. The molecule has 1 aromatic rings. The predicted molar refractivity (Wildman–Crippen MR) is 75.0 cm³/mol. The Morgan fingerprint density at radius 2 is 1.78 bits per heavy atom. The van der Waals surface area contributed by atoms with E-state index >= 15 is 0 Å². The SMILES string of the molecule is CCC(CC)NS(=O)(=O)c1cc(C)c(C)c(N)c1. The Balaban J connectivity index is 3.13. The minimum absolute atomic E-state index is 0.0298. The van der Waals surface area contributed by atoms with Gasteiger partial charge in [-0.3, -0.25) is 0 Å². The molecule has 4 nitrogen and oxygen atoms in total. The first kappa shape index (κ1) is 15.0. The molecule has 18 heavy (non-hydrogen) atoms. The number of rotatable bonds is 5.